The van der Waals surface area contributed by atoms with Crippen LogP contribution in [0.3, 0.4) is 0 Å². The van der Waals surface area contributed by atoms with Gasteiger partial charge in [0, 0.05) is 0 Å². The minimum atomic E-state index is -0.996. The zero-order valence-electron chi connectivity index (χ0n) is 14.7. The number of amides is 3. The Bertz CT molecular complexity index is 680. The van der Waals surface area contributed by atoms with Crippen LogP contribution in [0.4, 0.5) is 0 Å². The number of ether oxygens (including phenoxy) is 1. The smallest absolute Gasteiger partial charge is 0.328 e. The van der Waals surface area contributed by atoms with Gasteiger partial charge in [0.15, 0.2) is 0 Å². The van der Waals surface area contributed by atoms with E-state index in [1.165, 1.54) is 14.0 Å². The normalized spacial score (nSPS) is 16.9. The van der Waals surface area contributed by atoms with Crippen molar-refractivity contribution in [2.24, 2.45) is 5.92 Å². The molecular formula is C18H22N2O5. The Hall–Kier alpha value is -2.70. The summed E-state index contributed by atoms with van der Waals surface area (Å²) in [6.45, 7) is 5.14. The van der Waals surface area contributed by atoms with E-state index in [-0.39, 0.29) is 17.0 Å². The molecule has 2 rings (SSSR count). The van der Waals surface area contributed by atoms with Crippen LogP contribution in [0.2, 0.25) is 0 Å². The number of esters is 1. The van der Waals surface area contributed by atoms with Gasteiger partial charge in [0.1, 0.15) is 12.1 Å². The second kappa shape index (κ2) is 7.46. The van der Waals surface area contributed by atoms with Gasteiger partial charge in [-0.05, 0) is 25.0 Å². The van der Waals surface area contributed by atoms with Gasteiger partial charge >= 0.3 is 5.97 Å². The van der Waals surface area contributed by atoms with E-state index in [0.29, 0.717) is 6.42 Å². The fourth-order valence-corrected chi connectivity index (χ4v) is 2.85. The van der Waals surface area contributed by atoms with Gasteiger partial charge < -0.3 is 10.1 Å². The molecule has 1 aromatic carbocycles. The summed E-state index contributed by atoms with van der Waals surface area (Å²) >= 11 is 0. The summed E-state index contributed by atoms with van der Waals surface area (Å²) in [5, 5.41) is 2.53. The molecule has 7 nitrogen and oxygen atoms in total. The van der Waals surface area contributed by atoms with Crippen molar-refractivity contribution in [1.82, 2.24) is 10.2 Å². The van der Waals surface area contributed by atoms with Gasteiger partial charge in [0.05, 0.1) is 18.2 Å². The summed E-state index contributed by atoms with van der Waals surface area (Å²) in [6, 6.07) is 4.61. The Morgan fingerprint density at radius 1 is 1.12 bits per heavy atom. The van der Waals surface area contributed by atoms with E-state index in [1.54, 1.807) is 31.2 Å². The molecule has 25 heavy (non-hydrogen) atoms. The van der Waals surface area contributed by atoms with Gasteiger partial charge in [0.25, 0.3) is 11.8 Å². The molecule has 0 unspecified atom stereocenters. The molecule has 0 radical (unpaired) electrons. The van der Waals surface area contributed by atoms with Crippen molar-refractivity contribution in [2.45, 2.75) is 39.3 Å². The predicted molar refractivity (Wildman–Crippen MR) is 89.8 cm³/mol. The van der Waals surface area contributed by atoms with Crippen LogP contribution in [0.5, 0.6) is 0 Å². The number of nitrogens with one attached hydrogen (secondary N) is 1. The van der Waals surface area contributed by atoms with Crippen LogP contribution in [0.25, 0.3) is 0 Å². The van der Waals surface area contributed by atoms with Crippen molar-refractivity contribution in [3.05, 3.63) is 35.4 Å². The minimum Gasteiger partial charge on any atom is -0.467 e. The van der Waals surface area contributed by atoms with Crippen LogP contribution in [-0.4, -0.2) is 47.8 Å². The largest absolute Gasteiger partial charge is 0.467 e. The maximum absolute atomic E-state index is 12.7. The average molecular weight is 346 g/mol. The Kier molecular flexibility index (Phi) is 5.56. The lowest BCUT2D eigenvalue weighted by molar-refractivity contribution is -0.145. The van der Waals surface area contributed by atoms with Gasteiger partial charge in [-0.25, -0.2) is 4.79 Å². The highest BCUT2D eigenvalue weighted by Crippen LogP contribution is 2.28. The molecule has 3 atom stereocenters. The maximum atomic E-state index is 12.7. The maximum Gasteiger partial charge on any atom is 0.328 e. The van der Waals surface area contributed by atoms with Crippen LogP contribution in [0.1, 0.15) is 47.9 Å². The summed E-state index contributed by atoms with van der Waals surface area (Å²) in [4.78, 5) is 50.7. The van der Waals surface area contributed by atoms with E-state index in [1.807, 2.05) is 6.92 Å². The second-order valence-corrected chi connectivity index (χ2v) is 6.11. The van der Waals surface area contributed by atoms with Gasteiger partial charge in [-0.3, -0.25) is 19.3 Å². The number of nitrogens with zero attached hydrogens (tertiary/aromatic N) is 1. The number of methoxy groups -OCH3 is 1. The molecule has 1 N–H and O–H groups in total. The molecule has 134 valence electrons. The summed E-state index contributed by atoms with van der Waals surface area (Å²) in [7, 11) is 1.22. The number of fused-ring (bicyclic) bond motifs is 1. The molecule has 0 spiro atoms. The van der Waals surface area contributed by atoms with E-state index < -0.39 is 35.8 Å². The Balaban J connectivity index is 2.33. The van der Waals surface area contributed by atoms with Crippen LogP contribution < -0.4 is 5.32 Å². The molecule has 0 bridgehead atoms. The van der Waals surface area contributed by atoms with Gasteiger partial charge in [-0.15, -0.1) is 0 Å². The lowest BCUT2D eigenvalue weighted by atomic mass is 9.96. The summed E-state index contributed by atoms with van der Waals surface area (Å²) < 4.78 is 4.60. The minimum absolute atomic E-state index is 0.271. The zero-order chi connectivity index (χ0) is 18.7. The molecule has 0 fully saturated rings. The first-order chi connectivity index (χ1) is 11.8. The number of carbonyl (C=O) groups is 4. The van der Waals surface area contributed by atoms with Crippen LogP contribution in [0.15, 0.2) is 24.3 Å². The third-order valence-electron chi connectivity index (χ3n) is 4.47. The van der Waals surface area contributed by atoms with Gasteiger partial charge in [0.2, 0.25) is 5.91 Å². The lowest BCUT2D eigenvalue weighted by Crippen LogP contribution is -2.55. The highest BCUT2D eigenvalue weighted by Gasteiger charge is 2.44. The van der Waals surface area contributed by atoms with Crippen molar-refractivity contribution < 1.29 is 23.9 Å². The standard InChI is InChI=1S/C18H22N2O5/c1-5-10(2)14(15(21)19-11(3)18(24)25-4)20-16(22)12-8-6-7-9-13(12)17(20)23/h6-11,14H,5H2,1-4H3,(H,19,21)/t10-,11+,14-/m0/s1. The topological polar surface area (TPSA) is 92.8 Å². The van der Waals surface area contributed by atoms with E-state index >= 15 is 0 Å². The Morgan fingerprint density at radius 2 is 1.64 bits per heavy atom. The molecule has 1 heterocycles. The Morgan fingerprint density at radius 3 is 2.08 bits per heavy atom. The van der Waals surface area contributed by atoms with Crippen molar-refractivity contribution in [2.75, 3.05) is 7.11 Å². The highest BCUT2D eigenvalue weighted by molar-refractivity contribution is 6.22. The van der Waals surface area contributed by atoms with Crippen LogP contribution >= 0.6 is 0 Å². The van der Waals surface area contributed by atoms with Gasteiger partial charge in [-0.2, -0.15) is 0 Å². The second-order valence-electron chi connectivity index (χ2n) is 6.11. The van der Waals surface area contributed by atoms with Crippen molar-refractivity contribution in [3.63, 3.8) is 0 Å². The van der Waals surface area contributed by atoms with Crippen LogP contribution in [0, 0.1) is 5.92 Å². The number of imide groups is 1. The number of hydrogen-bond acceptors (Lipinski definition) is 5. The molecule has 1 aliphatic rings. The monoisotopic (exact) mass is 346 g/mol. The summed E-state index contributed by atoms with van der Waals surface area (Å²) in [5.41, 5.74) is 0.573. The molecule has 0 aliphatic carbocycles. The zero-order valence-corrected chi connectivity index (χ0v) is 14.7. The number of benzene rings is 1. The predicted octanol–water partition coefficient (Wildman–Crippen LogP) is 1.37. The van der Waals surface area contributed by atoms with Gasteiger partial charge in [-0.1, -0.05) is 32.4 Å². The molecular weight excluding hydrogens is 324 g/mol. The van der Waals surface area contributed by atoms with Crippen molar-refractivity contribution in [3.8, 4) is 0 Å². The molecule has 7 heteroatoms. The Labute approximate surface area is 146 Å². The number of carbonyl (C=O) groups excluding carboxylic acids is 4. The van der Waals surface area contributed by atoms with E-state index in [2.05, 4.69) is 10.1 Å². The van der Waals surface area contributed by atoms with E-state index in [0.717, 1.165) is 4.90 Å². The highest BCUT2D eigenvalue weighted by atomic mass is 16.5. The summed E-state index contributed by atoms with van der Waals surface area (Å²) in [5.74, 6) is -2.41. The van der Waals surface area contributed by atoms with Crippen molar-refractivity contribution >= 4 is 23.7 Å². The molecule has 1 aromatic rings. The number of rotatable bonds is 6. The molecule has 1 aliphatic heterocycles. The first kappa shape index (κ1) is 18.6. The molecule has 0 saturated heterocycles. The molecule has 0 saturated carbocycles. The third-order valence-corrected chi connectivity index (χ3v) is 4.47. The number of hydrogen-bond donors (Lipinski definition) is 1. The molecule has 0 aromatic heterocycles. The third kappa shape index (κ3) is 3.40. The van der Waals surface area contributed by atoms with Crippen LogP contribution in [-0.2, 0) is 14.3 Å². The summed E-state index contributed by atoms with van der Waals surface area (Å²) in [6.07, 6.45) is 0.581. The fourth-order valence-electron chi connectivity index (χ4n) is 2.85. The first-order valence-corrected chi connectivity index (χ1v) is 8.18. The SMILES string of the molecule is CC[C@H](C)[C@@H](C(=O)N[C@H](C)C(=O)OC)N1C(=O)c2ccccc2C1=O. The van der Waals surface area contributed by atoms with E-state index in [9.17, 15) is 19.2 Å². The fraction of sp³-hybridized carbons (Fsp3) is 0.444. The lowest BCUT2D eigenvalue weighted by Gasteiger charge is -2.30. The molecule has 3 amide bonds. The average Bonchev–Trinajstić information content (AvgIpc) is 2.86. The first-order valence-electron chi connectivity index (χ1n) is 8.18. The van der Waals surface area contributed by atoms with E-state index in [4.69, 9.17) is 0 Å². The quantitative estimate of drug-likeness (QED) is 0.620. The van der Waals surface area contributed by atoms with Crippen molar-refractivity contribution in [1.29, 1.82) is 0 Å².